The number of anilines is 2. The summed E-state index contributed by atoms with van der Waals surface area (Å²) in [6.45, 7) is 8.03. The van der Waals surface area contributed by atoms with Crippen LogP contribution < -0.4 is 10.1 Å². The molecule has 0 bridgehead atoms. The number of likely N-dealkylation sites (tertiary alicyclic amines) is 1. The van der Waals surface area contributed by atoms with E-state index in [1.54, 1.807) is 38.8 Å². The number of piperidine rings is 1. The molecule has 1 amide bonds. The van der Waals surface area contributed by atoms with Crippen LogP contribution in [0.5, 0.6) is 5.75 Å². The van der Waals surface area contributed by atoms with Gasteiger partial charge >= 0.3 is 0 Å². The molecule has 1 saturated heterocycles. The van der Waals surface area contributed by atoms with Gasteiger partial charge in [-0.2, -0.15) is 0 Å². The molecule has 1 fully saturated rings. The van der Waals surface area contributed by atoms with Crippen molar-refractivity contribution in [3.63, 3.8) is 0 Å². The van der Waals surface area contributed by atoms with Crippen molar-refractivity contribution in [2.45, 2.75) is 38.6 Å². The number of ether oxygens (including phenoxy) is 1. The average Bonchev–Trinajstić information content (AvgIpc) is 2.83. The van der Waals surface area contributed by atoms with Crippen molar-refractivity contribution in [3.05, 3.63) is 67.0 Å². The van der Waals surface area contributed by atoms with Gasteiger partial charge in [0.25, 0.3) is 0 Å². The molecule has 170 valence electrons. The zero-order valence-corrected chi connectivity index (χ0v) is 19.2. The number of carbonyl (C=O) groups excluding carboxylic acids is 1. The van der Waals surface area contributed by atoms with Crippen molar-refractivity contribution in [2.24, 2.45) is 0 Å². The third kappa shape index (κ3) is 5.16. The largest absolute Gasteiger partial charge is 0.495 e. The van der Waals surface area contributed by atoms with E-state index in [0.717, 1.165) is 35.3 Å². The molecule has 3 aromatic rings. The minimum atomic E-state index is 0.0137. The number of carbonyl (C=O) groups is 1. The summed E-state index contributed by atoms with van der Waals surface area (Å²) in [6, 6.07) is 5.84. The number of methoxy groups -OCH3 is 1. The predicted octanol–water partition coefficient (Wildman–Crippen LogP) is 4.27. The maximum absolute atomic E-state index is 12.2. The zero-order chi connectivity index (χ0) is 23.4. The summed E-state index contributed by atoms with van der Waals surface area (Å²) >= 11 is 0. The minimum absolute atomic E-state index is 0.0137. The summed E-state index contributed by atoms with van der Waals surface area (Å²) in [4.78, 5) is 32.3. The van der Waals surface area contributed by atoms with Crippen LogP contribution in [0.15, 0.2) is 55.6 Å². The fraction of sp³-hybridized carbons (Fsp3) is 0.320. The second-order valence-corrected chi connectivity index (χ2v) is 8.23. The van der Waals surface area contributed by atoms with E-state index in [1.165, 1.54) is 0 Å². The summed E-state index contributed by atoms with van der Waals surface area (Å²) in [5.41, 5.74) is 3.45. The number of nitrogens with zero attached hydrogens (tertiary/aromatic N) is 5. The Labute approximate surface area is 193 Å². The molecule has 0 spiro atoms. The van der Waals surface area contributed by atoms with Crippen LogP contribution in [0.2, 0.25) is 0 Å². The van der Waals surface area contributed by atoms with Gasteiger partial charge in [0, 0.05) is 49.5 Å². The van der Waals surface area contributed by atoms with Gasteiger partial charge in [-0.25, -0.2) is 9.97 Å². The Balaban J connectivity index is 1.74. The van der Waals surface area contributed by atoms with Gasteiger partial charge in [-0.15, -0.1) is 6.58 Å². The van der Waals surface area contributed by atoms with Crippen LogP contribution in [0.1, 0.15) is 37.1 Å². The van der Waals surface area contributed by atoms with E-state index in [-0.39, 0.29) is 17.9 Å². The van der Waals surface area contributed by atoms with E-state index < -0.39 is 0 Å². The lowest BCUT2D eigenvalue weighted by molar-refractivity contribution is -0.131. The molecule has 1 aliphatic heterocycles. The molecule has 33 heavy (non-hydrogen) atoms. The fourth-order valence-corrected chi connectivity index (χ4v) is 4.11. The van der Waals surface area contributed by atoms with Crippen molar-refractivity contribution in [2.75, 3.05) is 19.0 Å². The minimum Gasteiger partial charge on any atom is -0.495 e. The van der Waals surface area contributed by atoms with Gasteiger partial charge in [-0.3, -0.25) is 14.8 Å². The maximum atomic E-state index is 12.2. The Hall–Kier alpha value is -3.81. The first-order valence-electron chi connectivity index (χ1n) is 10.9. The fourth-order valence-electron chi connectivity index (χ4n) is 4.11. The highest BCUT2D eigenvalue weighted by molar-refractivity contribution is 5.74. The Bertz CT molecular complexity index is 1170. The number of aryl methyl sites for hydroxylation is 1. The maximum Gasteiger partial charge on any atom is 0.219 e. The van der Waals surface area contributed by atoms with Gasteiger partial charge < -0.3 is 15.0 Å². The summed E-state index contributed by atoms with van der Waals surface area (Å²) in [6.07, 6.45) is 10.5. The number of hydrogen-bond acceptors (Lipinski definition) is 7. The lowest BCUT2D eigenvalue weighted by atomic mass is 9.91. The van der Waals surface area contributed by atoms with E-state index in [2.05, 4.69) is 21.9 Å². The molecule has 0 unspecified atom stereocenters. The van der Waals surface area contributed by atoms with Crippen molar-refractivity contribution >= 4 is 17.4 Å². The van der Waals surface area contributed by atoms with Crippen LogP contribution in [-0.2, 0) is 4.79 Å². The highest BCUT2D eigenvalue weighted by Gasteiger charge is 2.31. The van der Waals surface area contributed by atoms with E-state index >= 15 is 0 Å². The average molecular weight is 445 g/mol. The Morgan fingerprint density at radius 3 is 2.70 bits per heavy atom. The standard InChI is InChI=1S/C25H28N6O2/c1-5-21-7-6-18(15-31(21)17(3)32)25-29-23(19-9-22(33-4)14-27-12-19)10-24(30-25)28-20-8-16(2)11-26-13-20/h5,8-14,18,21H,1,6-7,15H2,2-4H3,(H,28,29,30)/t18-,21-/m0/s1. The summed E-state index contributed by atoms with van der Waals surface area (Å²) in [7, 11) is 1.61. The van der Waals surface area contributed by atoms with Crippen LogP contribution >= 0.6 is 0 Å². The smallest absolute Gasteiger partial charge is 0.219 e. The Kier molecular flexibility index (Phi) is 6.63. The number of pyridine rings is 2. The van der Waals surface area contributed by atoms with Gasteiger partial charge in [0.2, 0.25) is 5.91 Å². The van der Waals surface area contributed by atoms with Crippen molar-refractivity contribution in [3.8, 4) is 17.0 Å². The molecule has 0 aliphatic carbocycles. The van der Waals surface area contributed by atoms with Gasteiger partial charge in [0.15, 0.2) is 0 Å². The highest BCUT2D eigenvalue weighted by Crippen LogP contribution is 2.32. The van der Waals surface area contributed by atoms with E-state index in [4.69, 9.17) is 14.7 Å². The number of aromatic nitrogens is 4. The molecular formula is C25H28N6O2. The van der Waals surface area contributed by atoms with E-state index in [0.29, 0.717) is 23.9 Å². The van der Waals surface area contributed by atoms with Crippen molar-refractivity contribution in [1.82, 2.24) is 24.8 Å². The molecule has 4 rings (SSSR count). The summed E-state index contributed by atoms with van der Waals surface area (Å²) in [5, 5.41) is 3.35. The lowest BCUT2D eigenvalue weighted by Gasteiger charge is -2.37. The topological polar surface area (TPSA) is 93.1 Å². The molecule has 8 heteroatoms. The molecule has 3 aromatic heterocycles. The molecule has 2 atom stereocenters. The number of amides is 1. The molecular weight excluding hydrogens is 416 g/mol. The van der Waals surface area contributed by atoms with E-state index in [1.807, 2.05) is 36.1 Å². The first kappa shape index (κ1) is 22.4. The summed E-state index contributed by atoms with van der Waals surface area (Å²) in [5.74, 6) is 2.04. The van der Waals surface area contributed by atoms with Crippen LogP contribution in [0.25, 0.3) is 11.3 Å². The normalized spacial score (nSPS) is 18.0. The molecule has 4 heterocycles. The number of hydrogen-bond donors (Lipinski definition) is 1. The van der Waals surface area contributed by atoms with Crippen LogP contribution in [0, 0.1) is 6.92 Å². The highest BCUT2D eigenvalue weighted by atomic mass is 16.5. The van der Waals surface area contributed by atoms with Crippen LogP contribution in [0.3, 0.4) is 0 Å². The van der Waals surface area contributed by atoms with Gasteiger partial charge in [-0.05, 0) is 37.5 Å². The van der Waals surface area contributed by atoms with Gasteiger partial charge in [0.05, 0.1) is 30.9 Å². The first-order valence-corrected chi connectivity index (χ1v) is 10.9. The molecule has 8 nitrogen and oxygen atoms in total. The van der Waals surface area contributed by atoms with Crippen molar-refractivity contribution in [1.29, 1.82) is 0 Å². The van der Waals surface area contributed by atoms with Crippen LogP contribution in [-0.4, -0.2) is 50.4 Å². The van der Waals surface area contributed by atoms with Crippen LogP contribution in [0.4, 0.5) is 11.5 Å². The Morgan fingerprint density at radius 2 is 1.97 bits per heavy atom. The molecule has 1 aliphatic rings. The number of rotatable bonds is 6. The molecule has 0 aromatic carbocycles. The first-order chi connectivity index (χ1) is 16.0. The number of nitrogens with one attached hydrogen (secondary N) is 1. The SMILES string of the molecule is C=C[C@H]1CC[C@H](c2nc(Nc3cncc(C)c3)cc(-c3cncc(OC)c3)n2)CN1C(C)=O. The quantitative estimate of drug-likeness (QED) is 0.567. The van der Waals surface area contributed by atoms with Gasteiger partial charge in [-0.1, -0.05) is 6.08 Å². The third-order valence-corrected chi connectivity index (χ3v) is 5.81. The predicted molar refractivity (Wildman–Crippen MR) is 127 cm³/mol. The Morgan fingerprint density at radius 1 is 1.15 bits per heavy atom. The zero-order valence-electron chi connectivity index (χ0n) is 19.2. The second-order valence-electron chi connectivity index (χ2n) is 8.23. The second kappa shape index (κ2) is 9.77. The monoisotopic (exact) mass is 444 g/mol. The van der Waals surface area contributed by atoms with E-state index in [9.17, 15) is 4.79 Å². The van der Waals surface area contributed by atoms with Gasteiger partial charge in [0.1, 0.15) is 17.4 Å². The summed E-state index contributed by atoms with van der Waals surface area (Å²) < 4.78 is 5.34. The van der Waals surface area contributed by atoms with Crippen molar-refractivity contribution < 1.29 is 9.53 Å². The molecule has 0 saturated carbocycles. The lowest BCUT2D eigenvalue weighted by Crippen LogP contribution is -2.44. The molecule has 0 radical (unpaired) electrons. The molecule has 1 N–H and O–H groups in total. The third-order valence-electron chi connectivity index (χ3n) is 5.81.